The molecule has 2 N–H and O–H groups in total. The molecule has 0 unspecified atom stereocenters. The summed E-state index contributed by atoms with van der Waals surface area (Å²) in [7, 11) is 0. The lowest BCUT2D eigenvalue weighted by molar-refractivity contribution is -0.121. The summed E-state index contributed by atoms with van der Waals surface area (Å²) in [6, 6.07) is 18.4. The molecule has 3 rings (SSSR count). The van der Waals surface area contributed by atoms with Crippen molar-refractivity contribution in [2.24, 2.45) is 5.10 Å². The van der Waals surface area contributed by atoms with Crippen LogP contribution in [-0.4, -0.2) is 23.3 Å². The van der Waals surface area contributed by atoms with Gasteiger partial charge in [-0.05, 0) is 41.0 Å². The number of aliphatic hydroxyl groups is 1. The number of nitrogens with one attached hydrogen (secondary N) is 1. The number of hydrogen-bond acceptors (Lipinski definition) is 3. The highest BCUT2D eigenvalue weighted by atomic mass is 16.3. The zero-order valence-corrected chi connectivity index (χ0v) is 13.6. The lowest BCUT2D eigenvalue weighted by Crippen LogP contribution is -2.18. The van der Waals surface area contributed by atoms with Gasteiger partial charge in [0, 0.05) is 12.0 Å². The Hall–Kier alpha value is -2.72. The van der Waals surface area contributed by atoms with E-state index in [9.17, 15) is 9.90 Å². The molecule has 0 aromatic heterocycles. The van der Waals surface area contributed by atoms with Gasteiger partial charge in [-0.3, -0.25) is 4.79 Å². The average molecular weight is 320 g/mol. The fourth-order valence-corrected chi connectivity index (χ4v) is 2.75. The molecule has 1 atom stereocenters. The Morgan fingerprint density at radius 1 is 1.12 bits per heavy atom. The molecule has 0 saturated carbocycles. The van der Waals surface area contributed by atoms with Gasteiger partial charge in [-0.1, -0.05) is 48.5 Å². The molecule has 24 heavy (non-hydrogen) atoms. The summed E-state index contributed by atoms with van der Waals surface area (Å²) >= 11 is 0. The van der Waals surface area contributed by atoms with Crippen LogP contribution in [0.2, 0.25) is 0 Å². The monoisotopic (exact) mass is 320 g/mol. The number of rotatable bonds is 5. The third-order valence-corrected chi connectivity index (χ3v) is 3.99. The van der Waals surface area contributed by atoms with Crippen molar-refractivity contribution in [2.45, 2.75) is 25.9 Å². The van der Waals surface area contributed by atoms with Gasteiger partial charge in [0.05, 0.1) is 12.3 Å². The Labute approximate surface area is 140 Å². The van der Waals surface area contributed by atoms with Gasteiger partial charge in [0.15, 0.2) is 0 Å². The lowest BCUT2D eigenvalue weighted by Gasteiger charge is -2.08. The van der Waals surface area contributed by atoms with Crippen molar-refractivity contribution in [3.05, 3.63) is 60.2 Å². The first-order valence-electron chi connectivity index (χ1n) is 8.05. The number of fused-ring (bicyclic) bond motifs is 2. The highest BCUT2D eigenvalue weighted by molar-refractivity contribution is 6.13. The normalized spacial score (nSPS) is 12.8. The molecular formula is C20H20N2O2. The minimum atomic E-state index is -0.484. The van der Waals surface area contributed by atoms with Crippen molar-refractivity contribution >= 4 is 33.7 Å². The molecule has 0 aliphatic heterocycles. The standard InChI is InChI=1S/C20H20N2O2/c1-14(23)10-11-20(24)22-21-13-19-17-8-4-2-6-15(17)12-16-7-3-5-9-18(16)19/h2-9,12-14,23H,10-11H2,1H3,(H,22,24)/b21-13-/t14-/m0/s1. The molecule has 3 aromatic rings. The molecule has 4 heteroatoms. The van der Waals surface area contributed by atoms with Crippen molar-refractivity contribution in [3.63, 3.8) is 0 Å². The summed E-state index contributed by atoms with van der Waals surface area (Å²) in [4.78, 5) is 11.7. The quantitative estimate of drug-likeness (QED) is 0.428. The van der Waals surface area contributed by atoms with Gasteiger partial charge < -0.3 is 5.11 Å². The van der Waals surface area contributed by atoms with E-state index in [2.05, 4.69) is 40.9 Å². The van der Waals surface area contributed by atoms with E-state index in [1.807, 2.05) is 24.3 Å². The van der Waals surface area contributed by atoms with E-state index >= 15 is 0 Å². The summed E-state index contributed by atoms with van der Waals surface area (Å²) < 4.78 is 0. The van der Waals surface area contributed by atoms with Crippen LogP contribution in [0.1, 0.15) is 25.3 Å². The van der Waals surface area contributed by atoms with E-state index in [1.54, 1.807) is 13.1 Å². The number of hydrogen-bond donors (Lipinski definition) is 2. The number of carbonyl (C=O) groups is 1. The van der Waals surface area contributed by atoms with E-state index in [1.165, 1.54) is 0 Å². The highest BCUT2D eigenvalue weighted by Gasteiger charge is 2.06. The highest BCUT2D eigenvalue weighted by Crippen LogP contribution is 2.27. The van der Waals surface area contributed by atoms with Crippen molar-refractivity contribution in [3.8, 4) is 0 Å². The molecule has 1 amide bonds. The molecule has 4 nitrogen and oxygen atoms in total. The van der Waals surface area contributed by atoms with Crippen LogP contribution in [0.3, 0.4) is 0 Å². The van der Waals surface area contributed by atoms with Crippen LogP contribution in [0.4, 0.5) is 0 Å². The Morgan fingerprint density at radius 3 is 2.29 bits per heavy atom. The van der Waals surface area contributed by atoms with Crippen LogP contribution in [0, 0.1) is 0 Å². The molecule has 0 bridgehead atoms. The molecule has 0 aliphatic rings. The minimum Gasteiger partial charge on any atom is -0.393 e. The largest absolute Gasteiger partial charge is 0.393 e. The maximum absolute atomic E-state index is 11.7. The van der Waals surface area contributed by atoms with Gasteiger partial charge >= 0.3 is 0 Å². The molecule has 0 saturated heterocycles. The van der Waals surface area contributed by atoms with Crippen molar-refractivity contribution < 1.29 is 9.90 Å². The SMILES string of the molecule is C[C@H](O)CCC(=O)N/N=C\c1c2ccccc2cc2ccccc12. The van der Waals surface area contributed by atoms with Gasteiger partial charge in [0.2, 0.25) is 5.91 Å². The second kappa shape index (κ2) is 7.23. The predicted octanol–water partition coefficient (Wildman–Crippen LogP) is 3.60. The molecule has 122 valence electrons. The molecule has 0 spiro atoms. The van der Waals surface area contributed by atoms with Gasteiger partial charge in [0.25, 0.3) is 0 Å². The van der Waals surface area contributed by atoms with Crippen molar-refractivity contribution in [1.29, 1.82) is 0 Å². The molecule has 0 fully saturated rings. The number of benzene rings is 3. The van der Waals surface area contributed by atoms with Gasteiger partial charge in [-0.15, -0.1) is 0 Å². The number of aliphatic hydroxyl groups excluding tert-OH is 1. The first kappa shape index (κ1) is 16.1. The number of nitrogens with zero attached hydrogens (tertiary/aromatic N) is 1. The predicted molar refractivity (Wildman–Crippen MR) is 98.1 cm³/mol. The Bertz CT molecular complexity index is 846. The smallest absolute Gasteiger partial charge is 0.240 e. The second-order valence-corrected chi connectivity index (χ2v) is 5.91. The summed E-state index contributed by atoms with van der Waals surface area (Å²) in [5, 5.41) is 17.8. The summed E-state index contributed by atoms with van der Waals surface area (Å²) in [5.74, 6) is -0.198. The van der Waals surface area contributed by atoms with Crippen LogP contribution in [0.15, 0.2) is 59.7 Å². The maximum Gasteiger partial charge on any atom is 0.240 e. The number of carbonyl (C=O) groups excluding carboxylic acids is 1. The first-order valence-corrected chi connectivity index (χ1v) is 8.05. The summed E-state index contributed by atoms with van der Waals surface area (Å²) in [5.41, 5.74) is 3.52. The van der Waals surface area contributed by atoms with Crippen LogP contribution in [0.25, 0.3) is 21.5 Å². The van der Waals surface area contributed by atoms with Gasteiger partial charge in [-0.2, -0.15) is 5.10 Å². The van der Waals surface area contributed by atoms with E-state index in [-0.39, 0.29) is 12.3 Å². The molecule has 0 aliphatic carbocycles. The Morgan fingerprint density at radius 2 is 1.71 bits per heavy atom. The molecule has 0 heterocycles. The number of amides is 1. The van der Waals surface area contributed by atoms with Crippen molar-refractivity contribution in [2.75, 3.05) is 0 Å². The third kappa shape index (κ3) is 3.60. The molecule has 3 aromatic carbocycles. The first-order chi connectivity index (χ1) is 11.6. The summed E-state index contributed by atoms with van der Waals surface area (Å²) in [6.45, 7) is 1.67. The molecule has 0 radical (unpaired) electrons. The fourth-order valence-electron chi connectivity index (χ4n) is 2.75. The Balaban J connectivity index is 1.92. The zero-order chi connectivity index (χ0) is 16.9. The van der Waals surface area contributed by atoms with E-state index in [4.69, 9.17) is 0 Å². The minimum absolute atomic E-state index is 0.198. The second-order valence-electron chi connectivity index (χ2n) is 5.91. The van der Waals surface area contributed by atoms with E-state index in [0.29, 0.717) is 6.42 Å². The van der Waals surface area contributed by atoms with Gasteiger partial charge in [0.1, 0.15) is 0 Å². The average Bonchev–Trinajstić information content (AvgIpc) is 2.59. The molecular weight excluding hydrogens is 300 g/mol. The van der Waals surface area contributed by atoms with E-state index in [0.717, 1.165) is 27.1 Å². The topological polar surface area (TPSA) is 61.7 Å². The zero-order valence-electron chi connectivity index (χ0n) is 13.6. The fraction of sp³-hybridized carbons (Fsp3) is 0.200. The van der Waals surface area contributed by atoms with E-state index < -0.39 is 6.10 Å². The Kier molecular flexibility index (Phi) is 4.87. The van der Waals surface area contributed by atoms with Crippen LogP contribution >= 0.6 is 0 Å². The van der Waals surface area contributed by atoms with Crippen LogP contribution in [-0.2, 0) is 4.79 Å². The van der Waals surface area contributed by atoms with Crippen molar-refractivity contribution in [1.82, 2.24) is 5.43 Å². The van der Waals surface area contributed by atoms with Gasteiger partial charge in [-0.25, -0.2) is 5.43 Å². The third-order valence-electron chi connectivity index (χ3n) is 3.99. The van der Waals surface area contributed by atoms with Crippen LogP contribution < -0.4 is 5.43 Å². The van der Waals surface area contributed by atoms with Crippen LogP contribution in [0.5, 0.6) is 0 Å². The lowest BCUT2D eigenvalue weighted by atomic mass is 9.97. The maximum atomic E-state index is 11.7. The summed E-state index contributed by atoms with van der Waals surface area (Å²) in [6.07, 6.45) is 1.90. The number of hydrazone groups is 1.